The van der Waals surface area contributed by atoms with E-state index in [-0.39, 0.29) is 5.91 Å². The van der Waals surface area contributed by atoms with Gasteiger partial charge in [0.2, 0.25) is 0 Å². The highest BCUT2D eigenvalue weighted by molar-refractivity contribution is 5.84. The van der Waals surface area contributed by atoms with Crippen LogP contribution in [0.1, 0.15) is 12.8 Å². The molecule has 1 fully saturated rings. The zero-order valence-corrected chi connectivity index (χ0v) is 7.42. The molecule has 1 heterocycles. The first-order chi connectivity index (χ1) is 6.24. The number of carbonyl (C=O) groups is 2. The molecule has 74 valence electrons. The van der Waals surface area contributed by atoms with Crippen LogP contribution in [0.4, 0.5) is 4.79 Å². The molecule has 0 spiro atoms. The van der Waals surface area contributed by atoms with E-state index in [0.29, 0.717) is 13.0 Å². The predicted octanol–water partition coefficient (Wildman–Crippen LogP) is -0.874. The highest BCUT2D eigenvalue weighted by Gasteiger charge is 2.23. The molecule has 0 radical (unpaired) electrons. The lowest BCUT2D eigenvalue weighted by Crippen LogP contribution is -2.49. The van der Waals surface area contributed by atoms with E-state index in [4.69, 9.17) is 4.74 Å². The maximum absolute atomic E-state index is 11.2. The van der Waals surface area contributed by atoms with Crippen LogP contribution in [0.3, 0.4) is 0 Å². The highest BCUT2D eigenvalue weighted by atomic mass is 16.5. The molecule has 0 aromatic heterocycles. The molecular weight excluding hydrogens is 174 g/mol. The first kappa shape index (κ1) is 9.79. The van der Waals surface area contributed by atoms with Crippen molar-refractivity contribution in [2.24, 2.45) is 0 Å². The van der Waals surface area contributed by atoms with Gasteiger partial charge in [0.15, 0.2) is 0 Å². The van der Waals surface area contributed by atoms with Crippen LogP contribution < -0.4 is 16.2 Å². The lowest BCUT2D eigenvalue weighted by molar-refractivity contribution is -0.130. The van der Waals surface area contributed by atoms with Gasteiger partial charge in [0.05, 0.1) is 0 Å². The Balaban J connectivity index is 2.20. The number of hydrazine groups is 1. The largest absolute Gasteiger partial charge is 0.368 e. The van der Waals surface area contributed by atoms with Crippen molar-refractivity contribution in [2.75, 3.05) is 13.7 Å². The van der Waals surface area contributed by atoms with Crippen molar-refractivity contribution in [3.05, 3.63) is 0 Å². The summed E-state index contributed by atoms with van der Waals surface area (Å²) in [7, 11) is 1.47. The summed E-state index contributed by atoms with van der Waals surface area (Å²) in [6, 6.07) is -0.452. The van der Waals surface area contributed by atoms with Crippen LogP contribution in [-0.4, -0.2) is 31.7 Å². The van der Waals surface area contributed by atoms with Gasteiger partial charge in [0.25, 0.3) is 5.91 Å². The summed E-state index contributed by atoms with van der Waals surface area (Å²) in [5.74, 6) is -0.305. The third kappa shape index (κ3) is 2.90. The molecule has 1 rings (SSSR count). The molecule has 0 saturated carbocycles. The number of urea groups is 1. The second-order valence-electron chi connectivity index (χ2n) is 2.70. The van der Waals surface area contributed by atoms with E-state index in [1.54, 1.807) is 0 Å². The summed E-state index contributed by atoms with van der Waals surface area (Å²) in [6.07, 6.45) is 1.18. The lowest BCUT2D eigenvalue weighted by atomic mass is 10.2. The van der Waals surface area contributed by atoms with E-state index in [1.807, 2.05) is 0 Å². The summed E-state index contributed by atoms with van der Waals surface area (Å²) in [5.41, 5.74) is 4.43. The molecule has 1 unspecified atom stereocenters. The Bertz CT molecular complexity index is 201. The van der Waals surface area contributed by atoms with E-state index in [1.165, 1.54) is 7.05 Å². The number of nitrogens with one attached hydrogen (secondary N) is 3. The fourth-order valence-electron chi connectivity index (χ4n) is 1.05. The lowest BCUT2D eigenvalue weighted by Gasteiger charge is -2.10. The van der Waals surface area contributed by atoms with Crippen molar-refractivity contribution in [2.45, 2.75) is 18.9 Å². The molecule has 13 heavy (non-hydrogen) atoms. The maximum atomic E-state index is 11.2. The molecule has 1 saturated heterocycles. The van der Waals surface area contributed by atoms with Crippen molar-refractivity contribution in [1.29, 1.82) is 0 Å². The molecule has 3 amide bonds. The van der Waals surface area contributed by atoms with Gasteiger partial charge in [-0.1, -0.05) is 0 Å². The number of amides is 3. The second kappa shape index (κ2) is 4.66. The van der Waals surface area contributed by atoms with Crippen molar-refractivity contribution < 1.29 is 14.3 Å². The summed E-state index contributed by atoms with van der Waals surface area (Å²) in [5, 5.41) is 2.31. The monoisotopic (exact) mass is 187 g/mol. The van der Waals surface area contributed by atoms with Crippen LogP contribution in [0, 0.1) is 0 Å². The average Bonchev–Trinajstić information content (AvgIpc) is 2.66. The van der Waals surface area contributed by atoms with Gasteiger partial charge in [0.1, 0.15) is 6.10 Å². The highest BCUT2D eigenvalue weighted by Crippen LogP contribution is 2.11. The van der Waals surface area contributed by atoms with Crippen LogP contribution in [0.5, 0.6) is 0 Å². The van der Waals surface area contributed by atoms with Crippen LogP contribution in [0.25, 0.3) is 0 Å². The van der Waals surface area contributed by atoms with E-state index < -0.39 is 12.1 Å². The van der Waals surface area contributed by atoms with Crippen LogP contribution in [0.15, 0.2) is 0 Å². The van der Waals surface area contributed by atoms with E-state index in [9.17, 15) is 9.59 Å². The van der Waals surface area contributed by atoms with Crippen LogP contribution in [0.2, 0.25) is 0 Å². The topological polar surface area (TPSA) is 79.5 Å². The summed E-state index contributed by atoms with van der Waals surface area (Å²) in [4.78, 5) is 21.8. The van der Waals surface area contributed by atoms with E-state index >= 15 is 0 Å². The second-order valence-corrected chi connectivity index (χ2v) is 2.70. The average molecular weight is 187 g/mol. The number of rotatable bonds is 1. The third-order valence-electron chi connectivity index (χ3n) is 1.75. The van der Waals surface area contributed by atoms with Gasteiger partial charge in [0, 0.05) is 13.7 Å². The fraction of sp³-hybridized carbons (Fsp3) is 0.714. The maximum Gasteiger partial charge on any atom is 0.333 e. The molecule has 0 aromatic rings. The van der Waals surface area contributed by atoms with Gasteiger partial charge < -0.3 is 10.1 Å². The quantitative estimate of drug-likeness (QED) is 0.467. The number of ether oxygens (including phenoxy) is 1. The Labute approximate surface area is 76.0 Å². The Hall–Kier alpha value is -1.30. The molecule has 6 nitrogen and oxygen atoms in total. The minimum atomic E-state index is -0.452. The summed E-state index contributed by atoms with van der Waals surface area (Å²) < 4.78 is 5.10. The van der Waals surface area contributed by atoms with Gasteiger partial charge in [-0.15, -0.1) is 0 Å². The van der Waals surface area contributed by atoms with Gasteiger partial charge in [-0.3, -0.25) is 10.2 Å². The van der Waals surface area contributed by atoms with E-state index in [0.717, 1.165) is 6.42 Å². The van der Waals surface area contributed by atoms with Gasteiger partial charge >= 0.3 is 6.03 Å². The molecular formula is C7H13N3O3. The van der Waals surface area contributed by atoms with Gasteiger partial charge in [-0.2, -0.15) is 0 Å². The van der Waals surface area contributed by atoms with E-state index in [2.05, 4.69) is 16.2 Å². The van der Waals surface area contributed by atoms with Gasteiger partial charge in [-0.05, 0) is 12.8 Å². The Morgan fingerprint density at radius 3 is 2.69 bits per heavy atom. The molecule has 3 N–H and O–H groups in total. The number of hydrogen-bond donors (Lipinski definition) is 3. The zero-order valence-electron chi connectivity index (χ0n) is 7.42. The molecule has 0 aromatic carbocycles. The van der Waals surface area contributed by atoms with Crippen LogP contribution >= 0.6 is 0 Å². The summed E-state index contributed by atoms with van der Waals surface area (Å²) >= 11 is 0. The first-order valence-electron chi connectivity index (χ1n) is 4.13. The predicted molar refractivity (Wildman–Crippen MR) is 44.7 cm³/mol. The smallest absolute Gasteiger partial charge is 0.333 e. The number of carbonyl (C=O) groups excluding carboxylic acids is 2. The molecule has 0 bridgehead atoms. The first-order valence-corrected chi connectivity index (χ1v) is 4.13. The number of hydrogen-bond acceptors (Lipinski definition) is 3. The Morgan fingerprint density at radius 1 is 1.38 bits per heavy atom. The standard InChI is InChI=1S/C7H13N3O3/c1-8-7(12)10-9-6(11)5-3-2-4-13-5/h5H,2-4H2,1H3,(H,9,11)(H2,8,10,12). The zero-order chi connectivity index (χ0) is 9.68. The minimum absolute atomic E-state index is 0.305. The molecule has 1 aliphatic heterocycles. The summed E-state index contributed by atoms with van der Waals surface area (Å²) in [6.45, 7) is 0.609. The molecule has 1 aliphatic rings. The van der Waals surface area contributed by atoms with Crippen molar-refractivity contribution in [1.82, 2.24) is 16.2 Å². The molecule has 0 aliphatic carbocycles. The SMILES string of the molecule is CNC(=O)NNC(=O)C1CCCO1. The van der Waals surface area contributed by atoms with Crippen molar-refractivity contribution >= 4 is 11.9 Å². The van der Waals surface area contributed by atoms with Crippen molar-refractivity contribution in [3.8, 4) is 0 Å². The minimum Gasteiger partial charge on any atom is -0.368 e. The Morgan fingerprint density at radius 2 is 2.15 bits per heavy atom. The van der Waals surface area contributed by atoms with Gasteiger partial charge in [-0.25, -0.2) is 10.2 Å². The molecule has 1 atom stereocenters. The normalized spacial score (nSPS) is 20.8. The third-order valence-corrected chi connectivity index (χ3v) is 1.75. The van der Waals surface area contributed by atoms with Crippen molar-refractivity contribution in [3.63, 3.8) is 0 Å². The van der Waals surface area contributed by atoms with Crippen LogP contribution in [-0.2, 0) is 9.53 Å². The Kier molecular flexibility index (Phi) is 3.51. The fourth-order valence-corrected chi connectivity index (χ4v) is 1.05. The molecule has 6 heteroatoms.